The minimum Gasteiger partial charge on any atom is -0.476 e. The Balaban J connectivity index is 1.23. The fourth-order valence-corrected chi connectivity index (χ4v) is 3.49. The van der Waals surface area contributed by atoms with Crippen LogP contribution in [0.2, 0.25) is 0 Å². The molecule has 4 rings (SSSR count). The van der Waals surface area contributed by atoms with Gasteiger partial charge in [-0.3, -0.25) is 14.2 Å². The Bertz CT molecular complexity index is 1130. The van der Waals surface area contributed by atoms with Crippen molar-refractivity contribution in [3.63, 3.8) is 0 Å². The highest BCUT2D eigenvalue weighted by Crippen LogP contribution is 2.17. The number of nitrogens with zero attached hydrogens (tertiary/aromatic N) is 6. The summed E-state index contributed by atoms with van der Waals surface area (Å²) in [6.45, 7) is 4.22. The number of hydrogen-bond acceptors (Lipinski definition) is 8. The summed E-state index contributed by atoms with van der Waals surface area (Å²) >= 11 is 0. The third-order valence-electron chi connectivity index (χ3n) is 5.39. The van der Waals surface area contributed by atoms with E-state index in [1.807, 2.05) is 36.4 Å². The first kappa shape index (κ1) is 22.4. The lowest BCUT2D eigenvalue weighted by atomic mass is 10.1. The Hall–Kier alpha value is -3.79. The zero-order valence-electron chi connectivity index (χ0n) is 18.6. The summed E-state index contributed by atoms with van der Waals surface area (Å²) in [5.41, 5.74) is 1.14. The maximum atomic E-state index is 12.3. The molecular formula is C23H27N7O3. The molecule has 0 radical (unpaired) electrons. The van der Waals surface area contributed by atoms with E-state index in [0.29, 0.717) is 11.6 Å². The smallest absolute Gasteiger partial charge is 0.254 e. The van der Waals surface area contributed by atoms with Crippen molar-refractivity contribution in [1.29, 1.82) is 0 Å². The van der Waals surface area contributed by atoms with Gasteiger partial charge < -0.3 is 19.9 Å². The van der Waals surface area contributed by atoms with Crippen LogP contribution in [0.15, 0.2) is 59.9 Å². The van der Waals surface area contributed by atoms with Gasteiger partial charge in [0.1, 0.15) is 25.3 Å². The highest BCUT2D eigenvalue weighted by Gasteiger charge is 2.16. The number of amides is 1. The van der Waals surface area contributed by atoms with E-state index in [4.69, 9.17) is 4.74 Å². The SMILES string of the molecule is CN1CCN(c2cc(OCCNC(=O)Cn3cnc(-c4ccccc4)cc3=O)ncn2)CC1. The van der Waals surface area contributed by atoms with Gasteiger partial charge in [0, 0.05) is 43.9 Å². The van der Waals surface area contributed by atoms with Crippen LogP contribution in [-0.4, -0.2) is 76.7 Å². The van der Waals surface area contributed by atoms with E-state index in [9.17, 15) is 9.59 Å². The summed E-state index contributed by atoms with van der Waals surface area (Å²) in [7, 11) is 2.10. The molecule has 0 bridgehead atoms. The molecule has 33 heavy (non-hydrogen) atoms. The minimum absolute atomic E-state index is 0.109. The van der Waals surface area contributed by atoms with Crippen molar-refractivity contribution in [2.45, 2.75) is 6.54 Å². The van der Waals surface area contributed by atoms with Crippen LogP contribution in [0.5, 0.6) is 5.88 Å². The van der Waals surface area contributed by atoms with Crippen LogP contribution in [-0.2, 0) is 11.3 Å². The molecule has 10 nitrogen and oxygen atoms in total. The summed E-state index contributed by atoms with van der Waals surface area (Å²) in [5.74, 6) is 1.00. The summed E-state index contributed by atoms with van der Waals surface area (Å²) in [5, 5.41) is 2.75. The normalized spacial score (nSPS) is 14.2. The Morgan fingerprint density at radius 1 is 1.06 bits per heavy atom. The molecule has 0 atom stereocenters. The van der Waals surface area contributed by atoms with Crippen molar-refractivity contribution < 1.29 is 9.53 Å². The molecule has 0 saturated carbocycles. The van der Waals surface area contributed by atoms with Crippen LogP contribution in [0.1, 0.15) is 0 Å². The van der Waals surface area contributed by atoms with Gasteiger partial charge in [0.25, 0.3) is 5.56 Å². The van der Waals surface area contributed by atoms with Crippen molar-refractivity contribution in [3.8, 4) is 17.1 Å². The Kier molecular flexibility index (Phi) is 7.26. The molecular weight excluding hydrogens is 422 g/mol. The molecule has 1 amide bonds. The highest BCUT2D eigenvalue weighted by atomic mass is 16.5. The molecule has 0 unspecified atom stereocenters. The van der Waals surface area contributed by atoms with E-state index < -0.39 is 0 Å². The number of ether oxygens (including phenoxy) is 1. The number of rotatable bonds is 8. The number of hydrogen-bond donors (Lipinski definition) is 1. The standard InChI is InChI=1S/C23H27N7O3/c1-28-8-10-29(11-9-28)20-14-22(26-16-25-20)33-12-7-24-21(31)15-30-17-27-19(13-23(30)32)18-5-3-2-4-6-18/h2-6,13-14,16-17H,7-12,15H2,1H3,(H,24,31). The third kappa shape index (κ3) is 6.13. The molecule has 1 aliphatic heterocycles. The summed E-state index contributed by atoms with van der Waals surface area (Å²) < 4.78 is 6.94. The molecule has 3 heterocycles. The average molecular weight is 450 g/mol. The van der Waals surface area contributed by atoms with Gasteiger partial charge in [-0.25, -0.2) is 15.0 Å². The molecule has 1 aliphatic rings. The maximum Gasteiger partial charge on any atom is 0.254 e. The van der Waals surface area contributed by atoms with Gasteiger partial charge in [-0.1, -0.05) is 30.3 Å². The van der Waals surface area contributed by atoms with E-state index in [0.717, 1.165) is 37.6 Å². The number of carbonyl (C=O) groups is 1. The van der Waals surface area contributed by atoms with Crippen molar-refractivity contribution in [2.75, 3.05) is 51.3 Å². The molecule has 172 valence electrons. The van der Waals surface area contributed by atoms with E-state index in [1.54, 1.807) is 0 Å². The molecule has 1 fully saturated rings. The van der Waals surface area contributed by atoms with Crippen LogP contribution < -0.4 is 20.5 Å². The number of aromatic nitrogens is 4. The lowest BCUT2D eigenvalue weighted by molar-refractivity contribution is -0.121. The Labute approximate surface area is 191 Å². The van der Waals surface area contributed by atoms with Crippen LogP contribution in [0.25, 0.3) is 11.3 Å². The van der Waals surface area contributed by atoms with E-state index in [2.05, 4.69) is 37.1 Å². The first-order valence-electron chi connectivity index (χ1n) is 10.9. The summed E-state index contributed by atoms with van der Waals surface area (Å²) in [6.07, 6.45) is 2.88. The molecule has 2 aromatic heterocycles. The predicted molar refractivity (Wildman–Crippen MR) is 124 cm³/mol. The number of anilines is 1. The van der Waals surface area contributed by atoms with Gasteiger partial charge in [0.05, 0.1) is 18.6 Å². The fourth-order valence-electron chi connectivity index (χ4n) is 3.49. The molecule has 0 aliphatic carbocycles. The van der Waals surface area contributed by atoms with Crippen molar-refractivity contribution >= 4 is 11.7 Å². The van der Waals surface area contributed by atoms with Crippen molar-refractivity contribution in [1.82, 2.24) is 29.7 Å². The number of piperazine rings is 1. The van der Waals surface area contributed by atoms with E-state index in [1.165, 1.54) is 23.3 Å². The molecule has 1 saturated heterocycles. The van der Waals surface area contributed by atoms with Gasteiger partial charge in [-0.15, -0.1) is 0 Å². The van der Waals surface area contributed by atoms with Crippen LogP contribution >= 0.6 is 0 Å². The van der Waals surface area contributed by atoms with Crippen LogP contribution in [0.3, 0.4) is 0 Å². The second kappa shape index (κ2) is 10.7. The maximum absolute atomic E-state index is 12.3. The van der Waals surface area contributed by atoms with Crippen molar-refractivity contribution in [3.05, 3.63) is 65.5 Å². The number of carbonyl (C=O) groups excluding carboxylic acids is 1. The van der Waals surface area contributed by atoms with E-state index >= 15 is 0 Å². The zero-order valence-corrected chi connectivity index (χ0v) is 18.6. The van der Waals surface area contributed by atoms with Gasteiger partial charge in [0.2, 0.25) is 11.8 Å². The van der Waals surface area contributed by atoms with Crippen LogP contribution in [0, 0.1) is 0 Å². The number of benzene rings is 1. The van der Waals surface area contributed by atoms with Gasteiger partial charge in [0.15, 0.2) is 0 Å². The van der Waals surface area contributed by atoms with Crippen LogP contribution in [0.4, 0.5) is 5.82 Å². The van der Waals surface area contributed by atoms with Gasteiger partial charge in [-0.05, 0) is 7.05 Å². The summed E-state index contributed by atoms with van der Waals surface area (Å²) in [6, 6.07) is 12.7. The molecule has 1 N–H and O–H groups in total. The highest BCUT2D eigenvalue weighted by molar-refractivity contribution is 5.75. The lowest BCUT2D eigenvalue weighted by Crippen LogP contribution is -2.44. The number of nitrogens with one attached hydrogen (secondary N) is 1. The second-order valence-corrected chi connectivity index (χ2v) is 7.81. The molecule has 0 spiro atoms. The third-order valence-corrected chi connectivity index (χ3v) is 5.39. The molecule has 10 heteroatoms. The molecule has 1 aromatic carbocycles. The first-order chi connectivity index (χ1) is 16.1. The largest absolute Gasteiger partial charge is 0.476 e. The summed E-state index contributed by atoms with van der Waals surface area (Å²) in [4.78, 5) is 41.8. The first-order valence-corrected chi connectivity index (χ1v) is 10.9. The topological polar surface area (TPSA) is 105 Å². The lowest BCUT2D eigenvalue weighted by Gasteiger charge is -2.33. The minimum atomic E-state index is -0.296. The van der Waals surface area contributed by atoms with Gasteiger partial charge >= 0.3 is 0 Å². The van der Waals surface area contributed by atoms with Crippen molar-refractivity contribution in [2.24, 2.45) is 0 Å². The monoisotopic (exact) mass is 449 g/mol. The zero-order chi connectivity index (χ0) is 23.0. The average Bonchev–Trinajstić information content (AvgIpc) is 2.84. The predicted octanol–water partition coefficient (Wildman–Crippen LogP) is 0.647. The fraction of sp³-hybridized carbons (Fsp3) is 0.348. The molecule has 3 aromatic rings. The second-order valence-electron chi connectivity index (χ2n) is 7.81. The quantitative estimate of drug-likeness (QED) is 0.500. The van der Waals surface area contributed by atoms with Gasteiger partial charge in [-0.2, -0.15) is 0 Å². The Morgan fingerprint density at radius 2 is 1.85 bits per heavy atom. The van der Waals surface area contributed by atoms with E-state index in [-0.39, 0.29) is 31.2 Å². The Morgan fingerprint density at radius 3 is 2.61 bits per heavy atom. The number of likely N-dealkylation sites (N-methyl/N-ethyl adjacent to an activating group) is 1.